The maximum Gasteiger partial charge on any atom is 0.123 e. The highest BCUT2D eigenvalue weighted by molar-refractivity contribution is 5.85. The SMILES string of the molecule is Cc1cc(OCCN(C)Cc2ccccc2)c(C(C)C)cc1O.Cl. The zero-order valence-electron chi connectivity index (χ0n) is 15.0. The lowest BCUT2D eigenvalue weighted by Gasteiger charge is -2.19. The number of benzene rings is 2. The molecule has 132 valence electrons. The Balaban J connectivity index is 0.00000288. The van der Waals surface area contributed by atoms with E-state index in [-0.39, 0.29) is 12.4 Å². The molecule has 0 atom stereocenters. The molecule has 0 amide bonds. The van der Waals surface area contributed by atoms with Crippen LogP contribution in [0, 0.1) is 6.92 Å². The minimum Gasteiger partial charge on any atom is -0.508 e. The van der Waals surface area contributed by atoms with Crippen LogP contribution >= 0.6 is 12.4 Å². The fraction of sp³-hybridized carbons (Fsp3) is 0.400. The fourth-order valence-corrected chi connectivity index (χ4v) is 2.55. The smallest absolute Gasteiger partial charge is 0.123 e. The lowest BCUT2D eigenvalue weighted by atomic mass is 10.00. The summed E-state index contributed by atoms with van der Waals surface area (Å²) in [5, 5.41) is 9.89. The van der Waals surface area contributed by atoms with Gasteiger partial charge in [0, 0.05) is 18.7 Å². The van der Waals surface area contributed by atoms with Gasteiger partial charge in [-0.2, -0.15) is 0 Å². The fourth-order valence-electron chi connectivity index (χ4n) is 2.55. The van der Waals surface area contributed by atoms with Crippen molar-refractivity contribution in [2.24, 2.45) is 0 Å². The number of ether oxygens (including phenoxy) is 1. The summed E-state index contributed by atoms with van der Waals surface area (Å²) in [5.74, 6) is 1.53. The van der Waals surface area contributed by atoms with E-state index < -0.39 is 0 Å². The number of aromatic hydroxyl groups is 1. The average molecular weight is 350 g/mol. The summed E-state index contributed by atoms with van der Waals surface area (Å²) in [6.45, 7) is 8.51. The van der Waals surface area contributed by atoms with Crippen molar-refractivity contribution in [3.05, 3.63) is 59.2 Å². The van der Waals surface area contributed by atoms with Crippen molar-refractivity contribution in [2.75, 3.05) is 20.2 Å². The van der Waals surface area contributed by atoms with E-state index >= 15 is 0 Å². The van der Waals surface area contributed by atoms with Gasteiger partial charge in [0.15, 0.2) is 0 Å². The maximum absolute atomic E-state index is 9.89. The second-order valence-corrected chi connectivity index (χ2v) is 6.40. The highest BCUT2D eigenvalue weighted by Crippen LogP contribution is 2.32. The molecule has 0 bridgehead atoms. The molecule has 2 aromatic rings. The molecule has 1 N–H and O–H groups in total. The summed E-state index contributed by atoms with van der Waals surface area (Å²) >= 11 is 0. The van der Waals surface area contributed by atoms with Crippen molar-refractivity contribution < 1.29 is 9.84 Å². The first kappa shape index (κ1) is 20.3. The number of rotatable bonds is 7. The van der Waals surface area contributed by atoms with Crippen LogP contribution in [0.3, 0.4) is 0 Å². The van der Waals surface area contributed by atoms with Crippen LogP contribution in [0.25, 0.3) is 0 Å². The Labute approximate surface area is 151 Å². The molecule has 24 heavy (non-hydrogen) atoms. The summed E-state index contributed by atoms with van der Waals surface area (Å²) in [5.41, 5.74) is 3.21. The largest absolute Gasteiger partial charge is 0.508 e. The molecule has 0 unspecified atom stereocenters. The topological polar surface area (TPSA) is 32.7 Å². The van der Waals surface area contributed by atoms with Crippen LogP contribution in [0.4, 0.5) is 0 Å². The molecule has 0 saturated carbocycles. The lowest BCUT2D eigenvalue weighted by molar-refractivity contribution is 0.231. The third kappa shape index (κ3) is 5.73. The number of halogens is 1. The molecular weight excluding hydrogens is 322 g/mol. The number of nitrogens with zero attached hydrogens (tertiary/aromatic N) is 1. The van der Waals surface area contributed by atoms with Gasteiger partial charge < -0.3 is 9.84 Å². The third-order valence-corrected chi connectivity index (χ3v) is 3.98. The van der Waals surface area contributed by atoms with Crippen molar-refractivity contribution in [3.63, 3.8) is 0 Å². The molecule has 2 aromatic carbocycles. The molecule has 3 nitrogen and oxygen atoms in total. The van der Waals surface area contributed by atoms with E-state index in [1.54, 1.807) is 0 Å². The Kier molecular flexibility index (Phi) is 8.09. The normalized spacial score (nSPS) is 10.8. The number of phenols is 1. The van der Waals surface area contributed by atoms with E-state index in [0.717, 1.165) is 30.0 Å². The van der Waals surface area contributed by atoms with E-state index in [1.165, 1.54) is 5.56 Å². The summed E-state index contributed by atoms with van der Waals surface area (Å²) in [4.78, 5) is 2.25. The molecule has 2 rings (SSSR count). The van der Waals surface area contributed by atoms with E-state index in [0.29, 0.717) is 18.3 Å². The Bertz CT molecular complexity index is 629. The predicted molar refractivity (Wildman–Crippen MR) is 102 cm³/mol. The van der Waals surface area contributed by atoms with Crippen molar-refractivity contribution in [3.8, 4) is 11.5 Å². The Morgan fingerprint density at radius 3 is 2.42 bits per heavy atom. The molecular formula is C20H28ClNO2. The van der Waals surface area contributed by atoms with E-state index in [9.17, 15) is 5.11 Å². The first-order valence-electron chi connectivity index (χ1n) is 8.16. The van der Waals surface area contributed by atoms with Crippen molar-refractivity contribution in [2.45, 2.75) is 33.2 Å². The van der Waals surface area contributed by atoms with Gasteiger partial charge in [-0.1, -0.05) is 44.2 Å². The van der Waals surface area contributed by atoms with Gasteiger partial charge in [0.2, 0.25) is 0 Å². The number of hydrogen-bond donors (Lipinski definition) is 1. The van der Waals surface area contributed by atoms with Gasteiger partial charge in [0.25, 0.3) is 0 Å². The molecule has 0 aliphatic rings. The quantitative estimate of drug-likeness (QED) is 0.782. The first-order chi connectivity index (χ1) is 11.0. The molecule has 0 aliphatic carbocycles. The molecule has 0 aliphatic heterocycles. The van der Waals surface area contributed by atoms with Crippen LogP contribution in [-0.4, -0.2) is 30.2 Å². The standard InChI is InChI=1S/C20H27NO2.ClH/c1-15(2)18-13-19(22)16(3)12-20(18)23-11-10-21(4)14-17-8-6-5-7-9-17;/h5-9,12-13,15,22H,10-11,14H2,1-4H3;1H. The molecule has 0 radical (unpaired) electrons. The van der Waals surface area contributed by atoms with E-state index in [4.69, 9.17) is 4.74 Å². The van der Waals surface area contributed by atoms with Crippen LogP contribution in [0.5, 0.6) is 11.5 Å². The molecule has 4 heteroatoms. The summed E-state index contributed by atoms with van der Waals surface area (Å²) in [6, 6.07) is 14.2. The lowest BCUT2D eigenvalue weighted by Crippen LogP contribution is -2.24. The summed E-state index contributed by atoms with van der Waals surface area (Å²) in [6.07, 6.45) is 0. The van der Waals surface area contributed by atoms with Crippen LogP contribution in [-0.2, 0) is 6.54 Å². The van der Waals surface area contributed by atoms with Gasteiger partial charge in [0.05, 0.1) is 0 Å². The average Bonchev–Trinajstić information content (AvgIpc) is 2.51. The van der Waals surface area contributed by atoms with Crippen LogP contribution in [0.2, 0.25) is 0 Å². The van der Waals surface area contributed by atoms with E-state index in [1.807, 2.05) is 25.1 Å². The summed E-state index contributed by atoms with van der Waals surface area (Å²) < 4.78 is 5.99. The third-order valence-electron chi connectivity index (χ3n) is 3.98. The highest BCUT2D eigenvalue weighted by atomic mass is 35.5. The Hall–Kier alpha value is -1.71. The second kappa shape index (κ2) is 9.55. The second-order valence-electron chi connectivity index (χ2n) is 6.40. The number of hydrogen-bond acceptors (Lipinski definition) is 3. The number of aryl methyl sites for hydroxylation is 1. The van der Waals surface area contributed by atoms with Crippen LogP contribution < -0.4 is 4.74 Å². The van der Waals surface area contributed by atoms with Gasteiger partial charge in [0.1, 0.15) is 18.1 Å². The van der Waals surface area contributed by atoms with Gasteiger partial charge in [-0.3, -0.25) is 4.90 Å². The van der Waals surface area contributed by atoms with Crippen LogP contribution in [0.1, 0.15) is 36.5 Å². The molecule has 0 heterocycles. The van der Waals surface area contributed by atoms with Crippen molar-refractivity contribution in [1.82, 2.24) is 4.90 Å². The summed E-state index contributed by atoms with van der Waals surface area (Å²) in [7, 11) is 2.10. The minimum atomic E-state index is 0. The molecule has 0 aromatic heterocycles. The molecule has 0 fully saturated rings. The van der Waals surface area contributed by atoms with E-state index in [2.05, 4.69) is 50.1 Å². The van der Waals surface area contributed by atoms with Crippen LogP contribution in [0.15, 0.2) is 42.5 Å². The minimum absolute atomic E-state index is 0. The monoisotopic (exact) mass is 349 g/mol. The van der Waals surface area contributed by atoms with Gasteiger partial charge in [-0.15, -0.1) is 12.4 Å². The zero-order chi connectivity index (χ0) is 16.8. The Morgan fingerprint density at radius 2 is 1.79 bits per heavy atom. The van der Waals surface area contributed by atoms with Crippen molar-refractivity contribution >= 4 is 12.4 Å². The number of phenolic OH excluding ortho intramolecular Hbond substituents is 1. The van der Waals surface area contributed by atoms with Crippen molar-refractivity contribution in [1.29, 1.82) is 0 Å². The van der Waals surface area contributed by atoms with Gasteiger partial charge in [-0.05, 0) is 43.1 Å². The predicted octanol–water partition coefficient (Wildman–Crippen LogP) is 4.76. The highest BCUT2D eigenvalue weighted by Gasteiger charge is 2.11. The Morgan fingerprint density at radius 1 is 1.12 bits per heavy atom. The zero-order valence-corrected chi connectivity index (χ0v) is 15.8. The maximum atomic E-state index is 9.89. The van der Waals surface area contributed by atoms with Gasteiger partial charge >= 0.3 is 0 Å². The van der Waals surface area contributed by atoms with Gasteiger partial charge in [-0.25, -0.2) is 0 Å². The number of likely N-dealkylation sites (N-methyl/N-ethyl adjacent to an activating group) is 1. The first-order valence-corrected chi connectivity index (χ1v) is 8.16. The molecule has 0 spiro atoms. The molecule has 0 saturated heterocycles.